The van der Waals surface area contributed by atoms with E-state index in [0.717, 1.165) is 30.4 Å². The summed E-state index contributed by atoms with van der Waals surface area (Å²) in [6, 6.07) is 17.2. The Kier molecular flexibility index (Phi) is 5.84. The van der Waals surface area contributed by atoms with Crippen molar-refractivity contribution in [2.45, 2.75) is 50.4 Å². The molecule has 0 radical (unpaired) electrons. The van der Waals surface area contributed by atoms with Gasteiger partial charge in [0.1, 0.15) is 0 Å². The zero-order chi connectivity index (χ0) is 20.4. The number of hydrogen-bond acceptors (Lipinski definition) is 3. The smallest absolute Gasteiger partial charge is 0.335 e. The Morgan fingerprint density at radius 3 is 2.48 bits per heavy atom. The summed E-state index contributed by atoms with van der Waals surface area (Å²) < 4.78 is 6.18. The number of benzene rings is 2. The van der Waals surface area contributed by atoms with Crippen molar-refractivity contribution in [3.05, 3.63) is 83.4 Å². The highest BCUT2D eigenvalue weighted by Gasteiger charge is 2.47. The predicted molar refractivity (Wildman–Crippen MR) is 112 cm³/mol. The quantitative estimate of drug-likeness (QED) is 0.684. The fraction of sp³-hybridized carbons (Fsp3) is 0.400. The van der Waals surface area contributed by atoms with Crippen LogP contribution in [0.15, 0.2) is 66.7 Å². The molecule has 2 fully saturated rings. The molecule has 2 aromatic rings. The number of hydrogen-bond donors (Lipinski definition) is 2. The predicted octanol–water partition coefficient (Wildman–Crippen LogP) is 4.44. The number of fused-ring (bicyclic) bond motifs is 2. The third-order valence-corrected chi connectivity index (χ3v) is 6.53. The average molecular weight is 392 g/mol. The first-order valence-electron chi connectivity index (χ1n) is 10.4. The number of carbonyl (C=O) groups is 1. The number of ether oxygens (including phenoxy) is 1. The van der Waals surface area contributed by atoms with Crippen LogP contribution in [0.5, 0.6) is 0 Å². The molecule has 152 valence electrons. The molecule has 2 N–H and O–H groups in total. The van der Waals surface area contributed by atoms with Gasteiger partial charge < -0.3 is 14.9 Å². The van der Waals surface area contributed by atoms with Gasteiger partial charge in [0.2, 0.25) is 0 Å². The van der Waals surface area contributed by atoms with Gasteiger partial charge >= 0.3 is 5.97 Å². The molecule has 2 aliphatic heterocycles. The van der Waals surface area contributed by atoms with Crippen molar-refractivity contribution in [1.29, 1.82) is 0 Å². The van der Waals surface area contributed by atoms with Crippen LogP contribution in [0, 0.1) is 11.8 Å². The highest BCUT2D eigenvalue weighted by molar-refractivity contribution is 5.87. The summed E-state index contributed by atoms with van der Waals surface area (Å²) in [6.45, 7) is 2.04. The van der Waals surface area contributed by atoms with E-state index >= 15 is 0 Å². The lowest BCUT2D eigenvalue weighted by molar-refractivity contribution is 0.0696. The number of aliphatic hydroxyl groups excluding tert-OH is 1. The van der Waals surface area contributed by atoms with Gasteiger partial charge in [0.05, 0.1) is 23.9 Å². The van der Waals surface area contributed by atoms with E-state index in [4.69, 9.17) is 9.84 Å². The highest BCUT2D eigenvalue weighted by Crippen LogP contribution is 2.45. The topological polar surface area (TPSA) is 66.8 Å². The van der Waals surface area contributed by atoms with Crippen molar-refractivity contribution in [1.82, 2.24) is 0 Å². The summed E-state index contributed by atoms with van der Waals surface area (Å²) in [4.78, 5) is 11.1. The first kappa shape index (κ1) is 19.9. The third-order valence-electron chi connectivity index (χ3n) is 6.53. The molecule has 0 amide bonds. The summed E-state index contributed by atoms with van der Waals surface area (Å²) >= 11 is 0. The van der Waals surface area contributed by atoms with Gasteiger partial charge in [-0.05, 0) is 48.4 Å². The highest BCUT2D eigenvalue weighted by atomic mass is 16.5. The Morgan fingerprint density at radius 2 is 1.79 bits per heavy atom. The Bertz CT molecular complexity index is 858. The van der Waals surface area contributed by atoms with Crippen LogP contribution in [0.4, 0.5) is 0 Å². The van der Waals surface area contributed by atoms with Crippen LogP contribution in [0.25, 0.3) is 0 Å². The van der Waals surface area contributed by atoms with E-state index in [1.165, 1.54) is 0 Å². The molecule has 4 heteroatoms. The largest absolute Gasteiger partial charge is 0.478 e. The summed E-state index contributed by atoms with van der Waals surface area (Å²) in [6.07, 6.45) is 7.04. The number of rotatable bonds is 7. The zero-order valence-electron chi connectivity index (χ0n) is 16.6. The van der Waals surface area contributed by atoms with Crippen molar-refractivity contribution in [2.24, 2.45) is 11.8 Å². The van der Waals surface area contributed by atoms with Gasteiger partial charge in [-0.15, -0.1) is 0 Å². The van der Waals surface area contributed by atoms with Crippen LogP contribution in [-0.2, 0) is 11.2 Å². The molecule has 6 atom stereocenters. The van der Waals surface area contributed by atoms with Crippen LogP contribution in [0.2, 0.25) is 0 Å². The standard InChI is InChI=1S/C25H28O4/c1-16(18-5-3-2-4-6-18)22(26)12-11-20-21(24-14-13-23(20)29-24)15-17-7-9-19(10-8-17)25(27)28/h2-12,16,20-24,26H,13-15H2,1H3,(H,27,28)/b12-11-. The van der Waals surface area contributed by atoms with Gasteiger partial charge in [0.15, 0.2) is 0 Å². The fourth-order valence-electron chi connectivity index (χ4n) is 4.76. The molecule has 0 saturated carbocycles. The van der Waals surface area contributed by atoms with Crippen molar-refractivity contribution in [3.8, 4) is 0 Å². The molecule has 2 aliphatic rings. The number of aromatic carboxylic acids is 1. The van der Waals surface area contributed by atoms with Crippen molar-refractivity contribution >= 4 is 5.97 Å². The Hall–Kier alpha value is -2.43. The molecule has 0 aromatic heterocycles. The molecule has 2 bridgehead atoms. The van der Waals surface area contributed by atoms with Gasteiger partial charge in [-0.1, -0.05) is 61.5 Å². The normalized spacial score (nSPS) is 27.9. The van der Waals surface area contributed by atoms with Crippen LogP contribution in [0.1, 0.15) is 47.2 Å². The van der Waals surface area contributed by atoms with E-state index in [9.17, 15) is 9.90 Å². The van der Waals surface area contributed by atoms with Crippen LogP contribution in [0.3, 0.4) is 0 Å². The van der Waals surface area contributed by atoms with E-state index in [-0.39, 0.29) is 24.0 Å². The van der Waals surface area contributed by atoms with Crippen LogP contribution in [-0.4, -0.2) is 34.5 Å². The average Bonchev–Trinajstić information content (AvgIpc) is 3.34. The molecule has 2 saturated heterocycles. The maximum Gasteiger partial charge on any atom is 0.335 e. The Balaban J connectivity index is 1.45. The van der Waals surface area contributed by atoms with E-state index in [2.05, 4.69) is 6.08 Å². The first-order chi connectivity index (χ1) is 14.0. The molecule has 2 heterocycles. The maximum atomic E-state index is 11.1. The lowest BCUT2D eigenvalue weighted by Gasteiger charge is -2.26. The summed E-state index contributed by atoms with van der Waals surface area (Å²) in [5.41, 5.74) is 2.57. The second-order valence-corrected chi connectivity index (χ2v) is 8.31. The van der Waals surface area contributed by atoms with Gasteiger partial charge in [-0.3, -0.25) is 0 Å². The SMILES string of the molecule is CC(c1ccccc1)C(O)/C=C\C1C2CCC(O2)C1Cc1ccc(C(=O)O)cc1. The van der Waals surface area contributed by atoms with Gasteiger partial charge in [-0.2, -0.15) is 0 Å². The second-order valence-electron chi connectivity index (χ2n) is 8.31. The third kappa shape index (κ3) is 4.29. The van der Waals surface area contributed by atoms with Gasteiger partial charge in [-0.25, -0.2) is 4.79 Å². The van der Waals surface area contributed by atoms with E-state index in [1.807, 2.05) is 55.5 Å². The summed E-state index contributed by atoms with van der Waals surface area (Å²) in [5, 5.41) is 19.8. The molecule has 2 aromatic carbocycles. The molecule has 0 spiro atoms. The first-order valence-corrected chi connectivity index (χ1v) is 10.4. The lowest BCUT2D eigenvalue weighted by atomic mass is 9.75. The number of aliphatic hydroxyl groups is 1. The maximum absolute atomic E-state index is 11.1. The molecular formula is C25H28O4. The number of carboxylic acid groups (broad SMARTS) is 1. The summed E-state index contributed by atoms with van der Waals surface area (Å²) in [5.74, 6) is -0.221. The molecule has 4 nitrogen and oxygen atoms in total. The van der Waals surface area contributed by atoms with Crippen molar-refractivity contribution < 1.29 is 19.7 Å². The van der Waals surface area contributed by atoms with Gasteiger partial charge in [0, 0.05) is 11.8 Å². The minimum atomic E-state index is -0.901. The molecule has 29 heavy (non-hydrogen) atoms. The fourth-order valence-corrected chi connectivity index (χ4v) is 4.76. The zero-order valence-corrected chi connectivity index (χ0v) is 16.6. The van der Waals surface area contributed by atoms with Crippen LogP contribution >= 0.6 is 0 Å². The molecule has 0 aliphatic carbocycles. The molecular weight excluding hydrogens is 364 g/mol. The van der Waals surface area contributed by atoms with E-state index in [1.54, 1.807) is 12.1 Å². The minimum absolute atomic E-state index is 0.0361. The lowest BCUT2D eigenvalue weighted by Crippen LogP contribution is -2.28. The van der Waals surface area contributed by atoms with E-state index in [0.29, 0.717) is 11.5 Å². The van der Waals surface area contributed by atoms with E-state index < -0.39 is 12.1 Å². The molecule has 6 unspecified atom stereocenters. The Labute approximate surface area is 171 Å². The summed E-state index contributed by atoms with van der Waals surface area (Å²) in [7, 11) is 0. The minimum Gasteiger partial charge on any atom is -0.478 e. The monoisotopic (exact) mass is 392 g/mol. The van der Waals surface area contributed by atoms with Crippen LogP contribution < -0.4 is 0 Å². The van der Waals surface area contributed by atoms with Crippen molar-refractivity contribution in [2.75, 3.05) is 0 Å². The molecule has 4 rings (SSSR count). The Morgan fingerprint density at radius 1 is 1.10 bits per heavy atom. The van der Waals surface area contributed by atoms with Crippen molar-refractivity contribution in [3.63, 3.8) is 0 Å². The second kappa shape index (κ2) is 8.52. The van der Waals surface area contributed by atoms with Gasteiger partial charge in [0.25, 0.3) is 0 Å². The number of carboxylic acids is 1.